The van der Waals surface area contributed by atoms with Gasteiger partial charge in [0.05, 0.1) is 8.07 Å². The number of rotatable bonds is 1. The van der Waals surface area contributed by atoms with Gasteiger partial charge in [0, 0.05) is 18.8 Å². The fraction of sp³-hybridized carbons (Fsp3) is 0.833. The molecule has 0 saturated carbocycles. The quantitative estimate of drug-likeness (QED) is 0.598. The van der Waals surface area contributed by atoms with Crippen LogP contribution in [0.3, 0.4) is 0 Å². The number of allylic oxidation sites excluding steroid dienone is 2. The molecular weight excluding hydrogens is 186 g/mol. The molecule has 1 nitrogen and oxygen atoms in total. The van der Waals surface area contributed by atoms with Crippen LogP contribution in [0.15, 0.2) is 11.8 Å². The van der Waals surface area contributed by atoms with Crippen molar-refractivity contribution in [2.75, 3.05) is 13.1 Å². The van der Waals surface area contributed by atoms with Gasteiger partial charge in [-0.1, -0.05) is 19.2 Å². The molecule has 0 N–H and O–H groups in total. The Kier molecular flexibility index (Phi) is 3.01. The maximum atomic E-state index is 2.66. The molecule has 0 aromatic heterocycles. The smallest absolute Gasteiger partial charge is 0.0508 e. The SMILES string of the molecule is C[Si]1(C)CCN(C2=CCCCC2)CC1. The Morgan fingerprint density at radius 1 is 1.14 bits per heavy atom. The molecule has 80 valence electrons. The van der Waals surface area contributed by atoms with Crippen LogP contribution in [0, 0.1) is 0 Å². The lowest BCUT2D eigenvalue weighted by Crippen LogP contribution is -2.42. The van der Waals surface area contributed by atoms with Gasteiger partial charge >= 0.3 is 0 Å². The van der Waals surface area contributed by atoms with Gasteiger partial charge in [0.1, 0.15) is 0 Å². The summed E-state index contributed by atoms with van der Waals surface area (Å²) >= 11 is 0. The van der Waals surface area contributed by atoms with Crippen LogP contribution in [0.2, 0.25) is 25.2 Å². The van der Waals surface area contributed by atoms with Crippen LogP contribution in [0.5, 0.6) is 0 Å². The Balaban J connectivity index is 1.91. The van der Waals surface area contributed by atoms with Crippen LogP contribution >= 0.6 is 0 Å². The van der Waals surface area contributed by atoms with Crippen molar-refractivity contribution in [2.24, 2.45) is 0 Å². The zero-order valence-corrected chi connectivity index (χ0v) is 10.7. The summed E-state index contributed by atoms with van der Waals surface area (Å²) in [5.74, 6) is 0. The Bertz CT molecular complexity index is 222. The van der Waals surface area contributed by atoms with Crippen LogP contribution in [0.4, 0.5) is 0 Å². The molecular formula is C12H23NSi. The fourth-order valence-electron chi connectivity index (χ4n) is 2.51. The van der Waals surface area contributed by atoms with Crippen LogP contribution in [-0.2, 0) is 0 Å². The second-order valence-corrected chi connectivity index (χ2v) is 10.9. The standard InChI is InChI=1S/C12H23NSi/c1-14(2)10-8-13(9-11-14)12-6-4-3-5-7-12/h6H,3-5,7-11H2,1-2H3. The van der Waals surface area contributed by atoms with Gasteiger partial charge in [-0.2, -0.15) is 0 Å². The first-order valence-corrected chi connectivity index (χ1v) is 9.53. The molecule has 0 aromatic carbocycles. The van der Waals surface area contributed by atoms with E-state index in [1.54, 1.807) is 5.70 Å². The van der Waals surface area contributed by atoms with Crippen molar-refractivity contribution >= 4 is 8.07 Å². The first-order chi connectivity index (χ1) is 6.67. The van der Waals surface area contributed by atoms with Gasteiger partial charge < -0.3 is 4.90 Å². The topological polar surface area (TPSA) is 3.24 Å². The van der Waals surface area contributed by atoms with Crippen molar-refractivity contribution in [2.45, 2.75) is 50.9 Å². The average Bonchev–Trinajstić information content (AvgIpc) is 2.19. The Morgan fingerprint density at radius 3 is 2.43 bits per heavy atom. The van der Waals surface area contributed by atoms with Gasteiger partial charge in [-0.3, -0.25) is 0 Å². The Labute approximate surface area is 89.2 Å². The largest absolute Gasteiger partial charge is 0.376 e. The van der Waals surface area contributed by atoms with Gasteiger partial charge in [0.2, 0.25) is 0 Å². The van der Waals surface area contributed by atoms with E-state index in [1.807, 2.05) is 0 Å². The monoisotopic (exact) mass is 209 g/mol. The minimum Gasteiger partial charge on any atom is -0.376 e. The van der Waals surface area contributed by atoms with Crippen molar-refractivity contribution in [3.8, 4) is 0 Å². The van der Waals surface area contributed by atoms with Crippen LogP contribution in [-0.4, -0.2) is 26.1 Å². The van der Waals surface area contributed by atoms with Crippen LogP contribution in [0.1, 0.15) is 25.7 Å². The van der Waals surface area contributed by atoms with Crippen molar-refractivity contribution in [3.05, 3.63) is 11.8 Å². The summed E-state index contributed by atoms with van der Waals surface area (Å²) in [6, 6.07) is 3.01. The fourth-order valence-corrected chi connectivity index (χ4v) is 4.51. The minimum atomic E-state index is -0.765. The first-order valence-electron chi connectivity index (χ1n) is 6.11. The van der Waals surface area contributed by atoms with E-state index in [-0.39, 0.29) is 0 Å². The molecule has 0 unspecified atom stereocenters. The van der Waals surface area contributed by atoms with Gasteiger partial charge in [-0.25, -0.2) is 0 Å². The summed E-state index contributed by atoms with van der Waals surface area (Å²) in [5.41, 5.74) is 1.67. The van der Waals surface area contributed by atoms with E-state index in [0.717, 1.165) is 0 Å². The lowest BCUT2D eigenvalue weighted by atomic mass is 10.0. The van der Waals surface area contributed by atoms with E-state index >= 15 is 0 Å². The Morgan fingerprint density at radius 2 is 1.86 bits per heavy atom. The molecule has 0 amide bonds. The molecule has 1 heterocycles. The number of hydrogen-bond acceptors (Lipinski definition) is 1. The molecule has 1 aliphatic heterocycles. The van der Waals surface area contributed by atoms with Crippen molar-refractivity contribution in [3.63, 3.8) is 0 Å². The van der Waals surface area contributed by atoms with Crippen molar-refractivity contribution in [1.82, 2.24) is 4.90 Å². The third-order valence-corrected chi connectivity index (χ3v) is 6.94. The molecule has 1 fully saturated rings. The predicted molar refractivity (Wildman–Crippen MR) is 65.2 cm³/mol. The summed E-state index contributed by atoms with van der Waals surface area (Å²) in [7, 11) is -0.765. The molecule has 0 aromatic rings. The molecule has 0 spiro atoms. The summed E-state index contributed by atoms with van der Waals surface area (Å²) in [4.78, 5) is 2.66. The average molecular weight is 209 g/mol. The highest BCUT2D eigenvalue weighted by Crippen LogP contribution is 2.28. The summed E-state index contributed by atoms with van der Waals surface area (Å²) in [6.07, 6.45) is 8.00. The molecule has 0 atom stereocenters. The second-order valence-electron chi connectivity index (χ2n) is 5.59. The molecule has 14 heavy (non-hydrogen) atoms. The first kappa shape index (κ1) is 10.3. The minimum absolute atomic E-state index is 0.765. The van der Waals surface area contributed by atoms with Gasteiger partial charge in [0.25, 0.3) is 0 Å². The van der Waals surface area contributed by atoms with Gasteiger partial charge in [0.15, 0.2) is 0 Å². The third kappa shape index (κ3) is 2.41. The predicted octanol–water partition coefficient (Wildman–Crippen LogP) is 3.47. The zero-order chi connectivity index (χ0) is 10.0. The molecule has 1 saturated heterocycles. The number of nitrogens with zero attached hydrogens (tertiary/aromatic N) is 1. The molecule has 1 aliphatic carbocycles. The van der Waals surface area contributed by atoms with E-state index in [4.69, 9.17) is 0 Å². The normalized spacial score (nSPS) is 27.3. The van der Waals surface area contributed by atoms with E-state index in [9.17, 15) is 0 Å². The highest BCUT2D eigenvalue weighted by atomic mass is 28.3. The molecule has 0 bridgehead atoms. The highest BCUT2D eigenvalue weighted by Gasteiger charge is 2.28. The third-order valence-electron chi connectivity index (χ3n) is 3.79. The maximum Gasteiger partial charge on any atom is 0.0508 e. The molecule has 0 radical (unpaired) electrons. The van der Waals surface area contributed by atoms with Gasteiger partial charge in [-0.15, -0.1) is 0 Å². The van der Waals surface area contributed by atoms with Gasteiger partial charge in [-0.05, 0) is 37.8 Å². The molecule has 2 heteroatoms. The van der Waals surface area contributed by atoms with E-state index in [1.165, 1.54) is 50.9 Å². The van der Waals surface area contributed by atoms with E-state index in [2.05, 4.69) is 24.1 Å². The van der Waals surface area contributed by atoms with Crippen LogP contribution < -0.4 is 0 Å². The summed E-state index contributed by atoms with van der Waals surface area (Å²) in [6.45, 7) is 7.79. The maximum absolute atomic E-state index is 2.66. The second kappa shape index (κ2) is 4.09. The highest BCUT2D eigenvalue weighted by molar-refractivity contribution is 6.77. The van der Waals surface area contributed by atoms with Crippen molar-refractivity contribution in [1.29, 1.82) is 0 Å². The lowest BCUT2D eigenvalue weighted by molar-refractivity contribution is 0.340. The lowest BCUT2D eigenvalue weighted by Gasteiger charge is -2.39. The Hall–Kier alpha value is -0.243. The summed E-state index contributed by atoms with van der Waals surface area (Å²) in [5, 5.41) is 0. The summed E-state index contributed by atoms with van der Waals surface area (Å²) < 4.78 is 0. The van der Waals surface area contributed by atoms with Crippen LogP contribution in [0.25, 0.3) is 0 Å². The van der Waals surface area contributed by atoms with Crippen molar-refractivity contribution < 1.29 is 0 Å². The van der Waals surface area contributed by atoms with E-state index < -0.39 is 8.07 Å². The molecule has 2 aliphatic rings. The van der Waals surface area contributed by atoms with E-state index in [0.29, 0.717) is 0 Å². The molecule has 2 rings (SSSR count). The number of hydrogen-bond donors (Lipinski definition) is 0. The zero-order valence-electron chi connectivity index (χ0n) is 9.68.